The number of anilines is 1. The number of amides is 2. The van der Waals surface area contributed by atoms with Gasteiger partial charge in [-0.25, -0.2) is 5.43 Å². The van der Waals surface area contributed by atoms with Gasteiger partial charge in [0.05, 0.1) is 6.21 Å². The Bertz CT molecular complexity index is 1020. The molecule has 0 aliphatic carbocycles. The third-order valence-electron chi connectivity index (χ3n) is 4.27. The molecule has 6 heteroatoms. The predicted octanol–water partition coefficient (Wildman–Crippen LogP) is 4.05. The Balaban J connectivity index is 1.42. The molecule has 0 fully saturated rings. The zero-order chi connectivity index (χ0) is 21.2. The van der Waals surface area contributed by atoms with Crippen LogP contribution in [-0.4, -0.2) is 18.0 Å². The lowest BCUT2D eigenvalue weighted by molar-refractivity contribution is -0.126. The average molecular weight is 401 g/mol. The fourth-order valence-electron chi connectivity index (χ4n) is 2.66. The first kappa shape index (κ1) is 20.8. The van der Waals surface area contributed by atoms with Crippen molar-refractivity contribution < 1.29 is 14.3 Å². The molecule has 2 amide bonds. The van der Waals surface area contributed by atoms with Gasteiger partial charge < -0.3 is 10.1 Å². The summed E-state index contributed by atoms with van der Waals surface area (Å²) in [5.74, 6) is -0.134. The van der Waals surface area contributed by atoms with Crippen LogP contribution < -0.4 is 15.5 Å². The van der Waals surface area contributed by atoms with Crippen LogP contribution in [0, 0.1) is 6.92 Å². The second-order valence-corrected chi connectivity index (χ2v) is 6.68. The van der Waals surface area contributed by atoms with E-state index in [-0.39, 0.29) is 6.42 Å². The van der Waals surface area contributed by atoms with Crippen LogP contribution in [0.1, 0.15) is 23.1 Å². The van der Waals surface area contributed by atoms with Crippen molar-refractivity contribution in [1.29, 1.82) is 0 Å². The number of hydrazone groups is 1. The molecule has 6 nitrogen and oxygen atoms in total. The maximum atomic E-state index is 12.0. The van der Waals surface area contributed by atoms with Crippen molar-refractivity contribution in [2.45, 2.75) is 20.0 Å². The van der Waals surface area contributed by atoms with Crippen LogP contribution in [0.2, 0.25) is 0 Å². The van der Waals surface area contributed by atoms with E-state index in [9.17, 15) is 9.59 Å². The third-order valence-corrected chi connectivity index (χ3v) is 4.27. The number of carbonyl (C=O) groups excluding carboxylic acids is 2. The van der Waals surface area contributed by atoms with Crippen molar-refractivity contribution in [3.8, 4) is 5.75 Å². The largest absolute Gasteiger partial charge is 0.489 e. The number of hydrogen-bond donors (Lipinski definition) is 2. The number of benzene rings is 3. The molecule has 3 aromatic carbocycles. The van der Waals surface area contributed by atoms with Gasteiger partial charge in [0.2, 0.25) is 11.8 Å². The molecule has 0 radical (unpaired) electrons. The summed E-state index contributed by atoms with van der Waals surface area (Å²) in [5, 5.41) is 6.61. The second-order valence-electron chi connectivity index (χ2n) is 6.68. The second kappa shape index (κ2) is 10.6. The minimum Gasteiger partial charge on any atom is -0.489 e. The van der Waals surface area contributed by atoms with Crippen LogP contribution in [0.3, 0.4) is 0 Å². The molecule has 0 unspecified atom stereocenters. The van der Waals surface area contributed by atoms with Gasteiger partial charge in [0.15, 0.2) is 0 Å². The first-order valence-electron chi connectivity index (χ1n) is 9.54. The van der Waals surface area contributed by atoms with Crippen LogP contribution in [0.4, 0.5) is 5.69 Å². The molecule has 0 aromatic heterocycles. The zero-order valence-corrected chi connectivity index (χ0v) is 16.7. The fraction of sp³-hybridized carbons (Fsp3) is 0.125. The number of hydrogen-bond acceptors (Lipinski definition) is 4. The number of ether oxygens (including phenoxy) is 1. The van der Waals surface area contributed by atoms with E-state index in [1.54, 1.807) is 6.07 Å². The molecule has 2 N–H and O–H groups in total. The normalized spacial score (nSPS) is 10.6. The third kappa shape index (κ3) is 6.60. The summed E-state index contributed by atoms with van der Waals surface area (Å²) in [6, 6.07) is 24.6. The molecular formula is C24H23N3O3. The number of aryl methyl sites for hydroxylation is 1. The lowest BCUT2D eigenvalue weighted by Gasteiger charge is -2.07. The van der Waals surface area contributed by atoms with Gasteiger partial charge in [-0.2, -0.15) is 5.10 Å². The summed E-state index contributed by atoms with van der Waals surface area (Å²) < 4.78 is 5.73. The summed E-state index contributed by atoms with van der Waals surface area (Å²) in [6.07, 6.45) is 1.20. The minimum absolute atomic E-state index is 0.308. The smallest absolute Gasteiger partial charge is 0.249 e. The van der Waals surface area contributed by atoms with Crippen LogP contribution in [0.15, 0.2) is 84.0 Å². The fourth-order valence-corrected chi connectivity index (χ4v) is 2.66. The summed E-state index contributed by atoms with van der Waals surface area (Å²) in [6.45, 7) is 2.38. The van der Waals surface area contributed by atoms with Crippen LogP contribution in [0.25, 0.3) is 0 Å². The molecule has 0 heterocycles. The topological polar surface area (TPSA) is 79.8 Å². The number of nitrogens with one attached hydrogen (secondary N) is 2. The van der Waals surface area contributed by atoms with Gasteiger partial charge in [-0.3, -0.25) is 9.59 Å². The van der Waals surface area contributed by atoms with E-state index < -0.39 is 11.8 Å². The minimum atomic E-state index is -0.486. The maximum Gasteiger partial charge on any atom is 0.249 e. The molecule has 30 heavy (non-hydrogen) atoms. The first-order valence-corrected chi connectivity index (χ1v) is 9.54. The Morgan fingerprint density at radius 3 is 2.33 bits per heavy atom. The summed E-state index contributed by atoms with van der Waals surface area (Å²) >= 11 is 0. The number of rotatable bonds is 8. The molecule has 3 rings (SSSR count). The van der Waals surface area contributed by atoms with Crippen LogP contribution in [0.5, 0.6) is 5.75 Å². The Kier molecular flexibility index (Phi) is 7.33. The quantitative estimate of drug-likeness (QED) is 0.339. The van der Waals surface area contributed by atoms with Crippen molar-refractivity contribution in [3.05, 3.63) is 95.6 Å². The molecule has 0 spiro atoms. The standard InChI is InChI=1S/C24H23N3O3/c1-18-7-5-6-10-22(18)26-23(28)15-24(29)27-25-16-19-11-13-21(14-12-19)30-17-20-8-3-2-4-9-20/h2-14,16H,15,17H2,1H3,(H,26,28)(H,27,29). The Morgan fingerprint density at radius 1 is 0.900 bits per heavy atom. The zero-order valence-electron chi connectivity index (χ0n) is 16.7. The summed E-state index contributed by atoms with van der Waals surface area (Å²) in [7, 11) is 0. The molecule has 0 aliphatic heterocycles. The Morgan fingerprint density at radius 2 is 1.60 bits per heavy atom. The predicted molar refractivity (Wildman–Crippen MR) is 117 cm³/mol. The average Bonchev–Trinajstić information content (AvgIpc) is 2.75. The molecule has 152 valence electrons. The SMILES string of the molecule is Cc1ccccc1NC(=O)CC(=O)NN=Cc1ccc(OCc2ccccc2)cc1. The Labute approximate surface area is 175 Å². The first-order chi connectivity index (χ1) is 14.6. The molecule has 0 saturated heterocycles. The van der Waals surface area contributed by atoms with Crippen molar-refractivity contribution in [3.63, 3.8) is 0 Å². The van der Waals surface area contributed by atoms with Crippen LogP contribution >= 0.6 is 0 Å². The van der Waals surface area contributed by atoms with Crippen molar-refractivity contribution in [2.75, 3.05) is 5.32 Å². The van der Waals surface area contributed by atoms with Gasteiger partial charge in [-0.15, -0.1) is 0 Å². The van der Waals surface area contributed by atoms with Gasteiger partial charge in [0.25, 0.3) is 0 Å². The summed E-state index contributed by atoms with van der Waals surface area (Å²) in [4.78, 5) is 23.9. The number of para-hydroxylation sites is 1. The number of nitrogens with zero attached hydrogens (tertiary/aromatic N) is 1. The van der Waals surface area contributed by atoms with Crippen molar-refractivity contribution in [1.82, 2.24) is 5.43 Å². The highest BCUT2D eigenvalue weighted by molar-refractivity contribution is 6.04. The highest BCUT2D eigenvalue weighted by Gasteiger charge is 2.09. The van der Waals surface area contributed by atoms with Gasteiger partial charge in [-0.05, 0) is 53.9 Å². The monoisotopic (exact) mass is 401 g/mol. The van der Waals surface area contributed by atoms with Gasteiger partial charge in [-0.1, -0.05) is 48.5 Å². The lowest BCUT2D eigenvalue weighted by atomic mass is 10.2. The van der Waals surface area contributed by atoms with Crippen molar-refractivity contribution in [2.24, 2.45) is 5.10 Å². The van der Waals surface area contributed by atoms with E-state index in [2.05, 4.69) is 15.8 Å². The van der Waals surface area contributed by atoms with E-state index in [0.717, 1.165) is 22.4 Å². The molecule has 0 atom stereocenters. The summed E-state index contributed by atoms with van der Waals surface area (Å²) in [5.41, 5.74) is 5.87. The van der Waals surface area contributed by atoms with Crippen molar-refractivity contribution >= 4 is 23.7 Å². The van der Waals surface area contributed by atoms with Gasteiger partial charge in [0, 0.05) is 5.69 Å². The maximum absolute atomic E-state index is 12.0. The Hall–Kier alpha value is -3.93. The van der Waals surface area contributed by atoms with E-state index in [1.165, 1.54) is 6.21 Å². The van der Waals surface area contributed by atoms with E-state index >= 15 is 0 Å². The van der Waals surface area contributed by atoms with Crippen LogP contribution in [-0.2, 0) is 16.2 Å². The lowest BCUT2D eigenvalue weighted by Crippen LogP contribution is -2.24. The molecule has 0 aliphatic rings. The number of carbonyl (C=O) groups is 2. The van der Waals surface area contributed by atoms with Gasteiger partial charge in [0.1, 0.15) is 18.8 Å². The van der Waals surface area contributed by atoms with Gasteiger partial charge >= 0.3 is 0 Å². The molecule has 0 saturated carbocycles. The molecular weight excluding hydrogens is 378 g/mol. The molecule has 3 aromatic rings. The van der Waals surface area contributed by atoms with E-state index in [0.29, 0.717) is 12.3 Å². The van der Waals surface area contributed by atoms with E-state index in [4.69, 9.17) is 4.74 Å². The highest BCUT2D eigenvalue weighted by atomic mass is 16.5. The molecule has 0 bridgehead atoms. The van der Waals surface area contributed by atoms with E-state index in [1.807, 2.05) is 79.7 Å². The highest BCUT2D eigenvalue weighted by Crippen LogP contribution is 2.14.